The molecular formula is C25H38BrNO3S. The van der Waals surface area contributed by atoms with Crippen LogP contribution >= 0.6 is 28.6 Å². The van der Waals surface area contributed by atoms with Crippen molar-refractivity contribution in [2.45, 2.75) is 47.0 Å². The van der Waals surface area contributed by atoms with E-state index >= 15 is 0 Å². The molecule has 0 aromatic heterocycles. The number of carbonyl (C=O) groups is 1. The molecule has 0 aliphatic rings. The Morgan fingerprint density at radius 3 is 2.03 bits per heavy atom. The normalized spacial score (nSPS) is 9.19. The first kappa shape index (κ1) is 31.4. The molecule has 0 unspecified atom stereocenters. The van der Waals surface area contributed by atoms with Crippen molar-refractivity contribution in [2.24, 2.45) is 0 Å². The number of aliphatic hydroxyl groups is 1. The van der Waals surface area contributed by atoms with Crippen LogP contribution in [0.1, 0.15) is 42.0 Å². The summed E-state index contributed by atoms with van der Waals surface area (Å²) in [5.41, 5.74) is 13.0. The molecule has 31 heavy (non-hydrogen) atoms. The predicted octanol–water partition coefficient (Wildman–Crippen LogP) is 6.47. The van der Waals surface area contributed by atoms with E-state index in [1.165, 1.54) is 25.5 Å². The molecule has 4 nitrogen and oxygen atoms in total. The quantitative estimate of drug-likeness (QED) is 0.186. The number of carbonyl (C=O) groups excluding carboxylic acids is 1. The summed E-state index contributed by atoms with van der Waals surface area (Å²) >= 11 is 7.57. The number of halogens is 1. The van der Waals surface area contributed by atoms with Gasteiger partial charge >= 0.3 is 5.97 Å². The number of aryl methyl sites for hydroxylation is 1. The van der Waals surface area contributed by atoms with Crippen molar-refractivity contribution in [1.82, 2.24) is 0 Å². The van der Waals surface area contributed by atoms with Gasteiger partial charge in [0.05, 0.1) is 13.5 Å². The van der Waals surface area contributed by atoms with Gasteiger partial charge in [-0.3, -0.25) is 4.79 Å². The summed E-state index contributed by atoms with van der Waals surface area (Å²) in [4.78, 5) is 11.8. The molecule has 0 heterocycles. The van der Waals surface area contributed by atoms with E-state index < -0.39 is 0 Å². The number of aliphatic hydroxyl groups excluding tert-OH is 1. The number of esters is 1. The fourth-order valence-corrected chi connectivity index (χ4v) is 3.57. The molecule has 0 radical (unpaired) electrons. The van der Waals surface area contributed by atoms with Gasteiger partial charge in [-0.05, 0) is 76.7 Å². The summed E-state index contributed by atoms with van der Waals surface area (Å²) in [5, 5.41) is 7.00. The molecule has 0 spiro atoms. The fourth-order valence-electron chi connectivity index (χ4n) is 2.76. The molecule has 2 aromatic carbocycles. The maximum absolute atomic E-state index is 11.8. The van der Waals surface area contributed by atoms with Crippen LogP contribution in [0.3, 0.4) is 0 Å². The molecule has 0 aliphatic heterocycles. The van der Waals surface area contributed by atoms with Gasteiger partial charge in [0.15, 0.2) is 0 Å². The Morgan fingerprint density at radius 2 is 1.65 bits per heavy atom. The standard InChI is InChI=1S/C18H20BrNO2.C4H10S.C2H4.CH4O/c1-10-5-7-13(8-6-10)16-12(3)17(19)18(20)11(2)14(16)9-15(21)22-4;1-2-3-4-5;2*1-2/h5-8H,9,20H2,1-4H3;5H,2-4H2,1H3;1-2H2;2H,1H3. The van der Waals surface area contributed by atoms with Crippen LogP contribution in [0.25, 0.3) is 11.1 Å². The summed E-state index contributed by atoms with van der Waals surface area (Å²) in [6.07, 6.45) is 2.73. The maximum atomic E-state index is 11.8. The summed E-state index contributed by atoms with van der Waals surface area (Å²) in [7, 11) is 2.40. The molecule has 0 saturated carbocycles. The molecule has 0 bridgehead atoms. The number of methoxy groups -OCH3 is 1. The number of nitrogens with two attached hydrogens (primary N) is 1. The average Bonchev–Trinajstić information content (AvgIpc) is 2.80. The van der Waals surface area contributed by atoms with Gasteiger partial charge in [0.25, 0.3) is 0 Å². The predicted molar refractivity (Wildman–Crippen MR) is 142 cm³/mol. The van der Waals surface area contributed by atoms with Crippen molar-refractivity contribution < 1.29 is 14.6 Å². The van der Waals surface area contributed by atoms with Crippen molar-refractivity contribution in [3.8, 4) is 11.1 Å². The Balaban J connectivity index is 0. The van der Waals surface area contributed by atoms with E-state index in [2.05, 4.69) is 79.8 Å². The molecule has 6 heteroatoms. The second-order valence-corrected chi connectivity index (χ2v) is 7.77. The highest BCUT2D eigenvalue weighted by molar-refractivity contribution is 9.10. The van der Waals surface area contributed by atoms with E-state index in [4.69, 9.17) is 15.6 Å². The van der Waals surface area contributed by atoms with Gasteiger partial charge in [0, 0.05) is 17.3 Å². The lowest BCUT2D eigenvalue weighted by Gasteiger charge is -2.19. The SMILES string of the molecule is C=C.CCCCS.CO.COC(=O)Cc1c(C)c(N)c(Br)c(C)c1-c1ccc(C)cc1. The van der Waals surface area contributed by atoms with Crippen LogP contribution in [0.2, 0.25) is 0 Å². The van der Waals surface area contributed by atoms with E-state index in [0.717, 1.165) is 45.2 Å². The van der Waals surface area contributed by atoms with Crippen LogP contribution < -0.4 is 5.73 Å². The first-order valence-electron chi connectivity index (χ1n) is 10.0. The van der Waals surface area contributed by atoms with Crippen molar-refractivity contribution in [3.05, 3.63) is 64.1 Å². The Hall–Kier alpha value is -1.76. The Morgan fingerprint density at radius 1 is 1.13 bits per heavy atom. The lowest BCUT2D eigenvalue weighted by atomic mass is 9.89. The zero-order valence-corrected chi connectivity index (χ0v) is 22.2. The molecule has 3 N–H and O–H groups in total. The third-order valence-corrected chi connectivity index (χ3v) is 5.84. The molecule has 0 atom stereocenters. The summed E-state index contributed by atoms with van der Waals surface area (Å²) in [6.45, 7) is 14.2. The van der Waals surface area contributed by atoms with Crippen molar-refractivity contribution in [1.29, 1.82) is 0 Å². The number of thiol groups is 1. The number of nitrogen functional groups attached to an aromatic ring is 1. The molecule has 0 amide bonds. The summed E-state index contributed by atoms with van der Waals surface area (Å²) in [5.74, 6) is 0.772. The second kappa shape index (κ2) is 17.9. The Kier molecular flexibility index (Phi) is 18.1. The Bertz CT molecular complexity index is 791. The van der Waals surface area contributed by atoms with Crippen LogP contribution in [0.5, 0.6) is 0 Å². The van der Waals surface area contributed by atoms with Crippen molar-refractivity contribution in [2.75, 3.05) is 25.7 Å². The number of hydrogen-bond acceptors (Lipinski definition) is 5. The highest BCUT2D eigenvalue weighted by Gasteiger charge is 2.20. The average molecular weight is 513 g/mol. The van der Waals surface area contributed by atoms with Crippen LogP contribution in [0.4, 0.5) is 5.69 Å². The molecule has 0 fully saturated rings. The number of anilines is 1. The molecular weight excluding hydrogens is 474 g/mol. The highest BCUT2D eigenvalue weighted by Crippen LogP contribution is 2.39. The third-order valence-electron chi connectivity index (χ3n) is 4.50. The first-order chi connectivity index (χ1) is 14.8. The number of benzene rings is 2. The minimum atomic E-state index is -0.266. The van der Waals surface area contributed by atoms with Gasteiger partial charge < -0.3 is 15.6 Å². The van der Waals surface area contributed by atoms with Crippen LogP contribution in [-0.2, 0) is 16.0 Å². The second-order valence-electron chi connectivity index (χ2n) is 6.53. The monoisotopic (exact) mass is 511 g/mol. The van der Waals surface area contributed by atoms with E-state index in [0.29, 0.717) is 5.69 Å². The highest BCUT2D eigenvalue weighted by atomic mass is 79.9. The van der Waals surface area contributed by atoms with Crippen molar-refractivity contribution in [3.63, 3.8) is 0 Å². The smallest absolute Gasteiger partial charge is 0.310 e. The van der Waals surface area contributed by atoms with Gasteiger partial charge in [0.2, 0.25) is 0 Å². The zero-order chi connectivity index (χ0) is 24.6. The van der Waals surface area contributed by atoms with Gasteiger partial charge in [-0.1, -0.05) is 43.2 Å². The van der Waals surface area contributed by atoms with Crippen LogP contribution in [-0.4, -0.2) is 31.0 Å². The number of ether oxygens (including phenoxy) is 1. The summed E-state index contributed by atoms with van der Waals surface area (Å²) < 4.78 is 5.72. The van der Waals surface area contributed by atoms with E-state index in [1.54, 1.807) is 0 Å². The zero-order valence-electron chi connectivity index (χ0n) is 19.7. The largest absolute Gasteiger partial charge is 0.469 e. The van der Waals surface area contributed by atoms with Gasteiger partial charge in [-0.25, -0.2) is 0 Å². The van der Waals surface area contributed by atoms with Gasteiger partial charge in [-0.15, -0.1) is 13.2 Å². The lowest BCUT2D eigenvalue weighted by molar-refractivity contribution is -0.139. The van der Waals surface area contributed by atoms with Gasteiger partial charge in [-0.2, -0.15) is 12.6 Å². The third kappa shape index (κ3) is 9.93. The number of unbranched alkanes of at least 4 members (excludes halogenated alkanes) is 1. The molecule has 0 saturated heterocycles. The molecule has 2 rings (SSSR count). The van der Waals surface area contributed by atoms with E-state index in [-0.39, 0.29) is 12.4 Å². The van der Waals surface area contributed by atoms with Gasteiger partial charge in [0.1, 0.15) is 0 Å². The molecule has 174 valence electrons. The summed E-state index contributed by atoms with van der Waals surface area (Å²) in [6, 6.07) is 8.27. The number of rotatable bonds is 5. The fraction of sp³-hybridized carbons (Fsp3) is 0.400. The lowest BCUT2D eigenvalue weighted by Crippen LogP contribution is -2.10. The number of hydrogen-bond donors (Lipinski definition) is 3. The first-order valence-corrected chi connectivity index (χ1v) is 11.5. The van der Waals surface area contributed by atoms with E-state index in [1.807, 2.05) is 13.8 Å². The minimum absolute atomic E-state index is 0.212. The maximum Gasteiger partial charge on any atom is 0.310 e. The topological polar surface area (TPSA) is 72.5 Å². The minimum Gasteiger partial charge on any atom is -0.469 e. The Labute approximate surface area is 202 Å². The van der Waals surface area contributed by atoms with Crippen LogP contribution in [0, 0.1) is 20.8 Å². The molecule has 2 aromatic rings. The van der Waals surface area contributed by atoms with Crippen molar-refractivity contribution >= 4 is 40.2 Å². The van der Waals surface area contributed by atoms with E-state index in [9.17, 15) is 4.79 Å². The van der Waals surface area contributed by atoms with Crippen LogP contribution in [0.15, 0.2) is 41.9 Å². The molecule has 0 aliphatic carbocycles.